The zero-order valence-corrected chi connectivity index (χ0v) is 8.41. The molecule has 1 atom stereocenters. The summed E-state index contributed by atoms with van der Waals surface area (Å²) in [6.45, 7) is 8.05. The second-order valence-corrected chi connectivity index (χ2v) is 4.31. The third kappa shape index (κ3) is 2.67. The summed E-state index contributed by atoms with van der Waals surface area (Å²) in [5.41, 5.74) is 0.0253. The zero-order chi connectivity index (χ0) is 10.1. The van der Waals surface area contributed by atoms with E-state index in [0.29, 0.717) is 13.2 Å². The van der Waals surface area contributed by atoms with Crippen LogP contribution in [0, 0.1) is 0 Å². The lowest BCUT2D eigenvalue weighted by Gasteiger charge is -2.40. The van der Waals surface area contributed by atoms with Crippen molar-refractivity contribution in [3.05, 3.63) is 0 Å². The molecule has 1 unspecified atom stereocenters. The number of rotatable bonds is 1. The Hall–Kier alpha value is -0.610. The third-order valence-corrected chi connectivity index (χ3v) is 2.29. The fourth-order valence-corrected chi connectivity index (χ4v) is 1.41. The fourth-order valence-electron chi connectivity index (χ4n) is 1.41. The monoisotopic (exact) mass is 187 g/mol. The average Bonchev–Trinajstić information content (AvgIpc) is 2.03. The molecule has 1 saturated heterocycles. The summed E-state index contributed by atoms with van der Waals surface area (Å²) >= 11 is 0. The van der Waals surface area contributed by atoms with Crippen LogP contribution in [0.1, 0.15) is 20.8 Å². The van der Waals surface area contributed by atoms with E-state index in [0.717, 1.165) is 6.54 Å². The van der Waals surface area contributed by atoms with Crippen molar-refractivity contribution in [1.29, 1.82) is 0 Å². The number of carboxylic acid groups (broad SMARTS) is 1. The van der Waals surface area contributed by atoms with Crippen LogP contribution in [0.3, 0.4) is 0 Å². The Morgan fingerprint density at radius 3 is 2.62 bits per heavy atom. The molecule has 4 nitrogen and oxygen atoms in total. The Kier molecular flexibility index (Phi) is 2.93. The number of ether oxygens (including phenoxy) is 1. The van der Waals surface area contributed by atoms with E-state index in [1.54, 1.807) is 0 Å². The second-order valence-electron chi connectivity index (χ2n) is 4.31. The van der Waals surface area contributed by atoms with Gasteiger partial charge in [0.2, 0.25) is 0 Å². The summed E-state index contributed by atoms with van der Waals surface area (Å²) in [7, 11) is 0. The molecule has 1 heterocycles. The van der Waals surface area contributed by atoms with Crippen LogP contribution in [-0.4, -0.2) is 47.3 Å². The van der Waals surface area contributed by atoms with Crippen molar-refractivity contribution in [2.75, 3.05) is 19.7 Å². The molecule has 1 aliphatic rings. The SMILES string of the molecule is CC(C)(C)N1CCOC(C(=O)O)C1. The molecule has 0 aromatic heterocycles. The number of nitrogens with zero attached hydrogens (tertiary/aromatic N) is 1. The third-order valence-electron chi connectivity index (χ3n) is 2.29. The van der Waals surface area contributed by atoms with E-state index < -0.39 is 12.1 Å². The van der Waals surface area contributed by atoms with Gasteiger partial charge in [0, 0.05) is 18.6 Å². The summed E-state index contributed by atoms with van der Waals surface area (Å²) in [6.07, 6.45) is -0.659. The Bertz CT molecular complexity index is 198. The minimum atomic E-state index is -0.867. The highest BCUT2D eigenvalue weighted by atomic mass is 16.5. The standard InChI is InChI=1S/C9H17NO3/c1-9(2,3)10-4-5-13-7(6-10)8(11)12/h7H,4-6H2,1-3H3,(H,11,12). The molecular weight excluding hydrogens is 170 g/mol. The number of hydrogen-bond acceptors (Lipinski definition) is 3. The van der Waals surface area contributed by atoms with E-state index in [9.17, 15) is 4.79 Å². The second kappa shape index (κ2) is 3.64. The van der Waals surface area contributed by atoms with E-state index in [1.807, 2.05) is 0 Å². The molecule has 76 valence electrons. The Balaban J connectivity index is 2.57. The lowest BCUT2D eigenvalue weighted by molar-refractivity contribution is -0.158. The van der Waals surface area contributed by atoms with Gasteiger partial charge in [-0.1, -0.05) is 0 Å². The van der Waals surface area contributed by atoms with E-state index >= 15 is 0 Å². The molecule has 1 fully saturated rings. The molecule has 0 amide bonds. The van der Waals surface area contributed by atoms with Gasteiger partial charge in [0.05, 0.1) is 6.61 Å². The molecule has 0 aromatic rings. The number of carboxylic acids is 1. The Labute approximate surface area is 78.5 Å². The molecule has 0 aliphatic carbocycles. The summed E-state index contributed by atoms with van der Waals surface area (Å²) < 4.78 is 5.12. The van der Waals surface area contributed by atoms with Gasteiger partial charge in [0.1, 0.15) is 0 Å². The van der Waals surface area contributed by atoms with Crippen LogP contribution in [0.4, 0.5) is 0 Å². The normalized spacial score (nSPS) is 25.9. The number of hydrogen-bond donors (Lipinski definition) is 1. The molecule has 0 spiro atoms. The molecule has 0 bridgehead atoms. The molecule has 13 heavy (non-hydrogen) atoms. The fraction of sp³-hybridized carbons (Fsp3) is 0.889. The molecular formula is C9H17NO3. The highest BCUT2D eigenvalue weighted by Gasteiger charge is 2.31. The van der Waals surface area contributed by atoms with E-state index in [1.165, 1.54) is 0 Å². The molecule has 1 aliphatic heterocycles. The summed E-state index contributed by atoms with van der Waals surface area (Å²) in [4.78, 5) is 12.8. The van der Waals surface area contributed by atoms with E-state index in [-0.39, 0.29) is 5.54 Å². The van der Waals surface area contributed by atoms with E-state index in [4.69, 9.17) is 9.84 Å². The van der Waals surface area contributed by atoms with Gasteiger partial charge in [0.25, 0.3) is 0 Å². The van der Waals surface area contributed by atoms with Crippen molar-refractivity contribution in [1.82, 2.24) is 4.90 Å². The largest absolute Gasteiger partial charge is 0.479 e. The predicted molar refractivity (Wildman–Crippen MR) is 48.7 cm³/mol. The summed E-state index contributed by atoms with van der Waals surface area (Å²) in [5, 5.41) is 8.77. The minimum Gasteiger partial charge on any atom is -0.479 e. The molecule has 0 radical (unpaired) electrons. The maximum atomic E-state index is 10.7. The Morgan fingerprint density at radius 1 is 1.54 bits per heavy atom. The number of morpholine rings is 1. The van der Waals surface area contributed by atoms with E-state index in [2.05, 4.69) is 25.7 Å². The lowest BCUT2D eigenvalue weighted by Crippen LogP contribution is -2.53. The van der Waals surface area contributed by atoms with Gasteiger partial charge in [-0.2, -0.15) is 0 Å². The van der Waals surface area contributed by atoms with Gasteiger partial charge in [-0.3, -0.25) is 4.90 Å². The van der Waals surface area contributed by atoms with Crippen molar-refractivity contribution >= 4 is 5.97 Å². The van der Waals surface area contributed by atoms with Gasteiger partial charge in [-0.25, -0.2) is 4.79 Å². The maximum absolute atomic E-state index is 10.7. The van der Waals surface area contributed by atoms with Crippen LogP contribution < -0.4 is 0 Å². The maximum Gasteiger partial charge on any atom is 0.334 e. The quantitative estimate of drug-likeness (QED) is 0.652. The van der Waals surface area contributed by atoms with Gasteiger partial charge in [0.15, 0.2) is 6.10 Å². The first-order chi connectivity index (χ1) is 5.91. The van der Waals surface area contributed by atoms with Crippen LogP contribution in [0.15, 0.2) is 0 Å². The van der Waals surface area contributed by atoms with Gasteiger partial charge in [-0.05, 0) is 20.8 Å². The van der Waals surface area contributed by atoms with Crippen molar-refractivity contribution in [2.45, 2.75) is 32.4 Å². The molecule has 0 saturated carbocycles. The van der Waals surface area contributed by atoms with Crippen molar-refractivity contribution in [2.24, 2.45) is 0 Å². The van der Waals surface area contributed by atoms with Crippen LogP contribution in [0.25, 0.3) is 0 Å². The van der Waals surface area contributed by atoms with Crippen LogP contribution >= 0.6 is 0 Å². The number of aliphatic carboxylic acids is 1. The smallest absolute Gasteiger partial charge is 0.334 e. The average molecular weight is 187 g/mol. The van der Waals surface area contributed by atoms with Crippen molar-refractivity contribution in [3.8, 4) is 0 Å². The van der Waals surface area contributed by atoms with Gasteiger partial charge < -0.3 is 9.84 Å². The first kappa shape index (κ1) is 10.5. The zero-order valence-electron chi connectivity index (χ0n) is 8.41. The van der Waals surface area contributed by atoms with Gasteiger partial charge in [-0.15, -0.1) is 0 Å². The topological polar surface area (TPSA) is 49.8 Å². The van der Waals surface area contributed by atoms with Crippen LogP contribution in [-0.2, 0) is 9.53 Å². The molecule has 1 rings (SSSR count). The Morgan fingerprint density at radius 2 is 2.15 bits per heavy atom. The number of carbonyl (C=O) groups is 1. The van der Waals surface area contributed by atoms with Crippen molar-refractivity contribution in [3.63, 3.8) is 0 Å². The molecule has 1 N–H and O–H groups in total. The first-order valence-corrected chi connectivity index (χ1v) is 4.51. The summed E-state index contributed by atoms with van der Waals surface area (Å²) in [6, 6.07) is 0. The lowest BCUT2D eigenvalue weighted by atomic mass is 10.0. The molecule has 4 heteroatoms. The summed E-state index contributed by atoms with van der Waals surface area (Å²) in [5.74, 6) is -0.867. The molecule has 0 aromatic carbocycles. The van der Waals surface area contributed by atoms with Crippen molar-refractivity contribution < 1.29 is 14.6 Å². The highest BCUT2D eigenvalue weighted by Crippen LogP contribution is 2.17. The predicted octanol–water partition coefficient (Wildman–Crippen LogP) is 0.570. The first-order valence-electron chi connectivity index (χ1n) is 4.51. The van der Waals surface area contributed by atoms with Gasteiger partial charge >= 0.3 is 5.97 Å². The van der Waals surface area contributed by atoms with Crippen LogP contribution in [0.2, 0.25) is 0 Å². The minimum absolute atomic E-state index is 0.0253. The van der Waals surface area contributed by atoms with Crippen LogP contribution in [0.5, 0.6) is 0 Å². The highest BCUT2D eigenvalue weighted by molar-refractivity contribution is 5.72.